The smallest absolute Gasteiger partial charge is 0.119 e. The molecule has 0 aliphatic carbocycles. The Hall–Kier alpha value is -1.71. The van der Waals surface area contributed by atoms with Gasteiger partial charge in [0.15, 0.2) is 0 Å². The molecular weight excluding hydrogens is 547 g/mol. The first-order chi connectivity index (χ1) is 16.0. The highest BCUT2D eigenvalue weighted by molar-refractivity contribution is 14.1. The zero-order valence-corrected chi connectivity index (χ0v) is 22.8. The third kappa shape index (κ3) is 15.7. The lowest BCUT2D eigenvalue weighted by Gasteiger charge is -2.19. The molecule has 2 N–H and O–H groups in total. The Morgan fingerprint density at radius 3 is 1.70 bits per heavy atom. The zero-order valence-electron chi connectivity index (χ0n) is 21.8. The predicted molar refractivity (Wildman–Crippen MR) is 156 cm³/mol. The molecule has 8 heteroatoms. The second kappa shape index (κ2) is 19.7. The molecule has 2 aromatic rings. The SMILES string of the molecule is C.CC(COc1ccc(N)cc1)N(C)C.CC(COc1ccc(N=C=S)cc1)N(C)C.[2H]C([3H])I. The van der Waals surface area contributed by atoms with Crippen LogP contribution in [0.4, 0.5) is 11.4 Å². The molecule has 0 radical (unpaired) electrons. The van der Waals surface area contributed by atoms with Gasteiger partial charge in [-0.1, -0.05) is 30.0 Å². The van der Waals surface area contributed by atoms with E-state index in [1.54, 1.807) is 22.6 Å². The van der Waals surface area contributed by atoms with E-state index in [-0.39, 0.29) is 7.43 Å². The number of benzene rings is 2. The first-order valence-electron chi connectivity index (χ1n) is 11.2. The van der Waals surface area contributed by atoms with Gasteiger partial charge in [-0.15, -0.1) is 0 Å². The van der Waals surface area contributed by atoms with E-state index in [0.717, 1.165) is 22.9 Å². The van der Waals surface area contributed by atoms with Crippen LogP contribution in [0.15, 0.2) is 53.5 Å². The van der Waals surface area contributed by atoms with Crippen molar-refractivity contribution in [2.75, 3.05) is 52.0 Å². The first-order valence-corrected chi connectivity index (χ1v) is 11.7. The number of nitrogen functional groups attached to an aromatic ring is 1. The number of halogens is 1. The summed E-state index contributed by atoms with van der Waals surface area (Å²) in [7, 11) is 8.14. The van der Waals surface area contributed by atoms with Gasteiger partial charge in [0, 0.05) is 20.5 Å². The zero-order chi connectivity index (χ0) is 26.1. The van der Waals surface area contributed by atoms with Gasteiger partial charge < -0.3 is 25.0 Å². The van der Waals surface area contributed by atoms with E-state index in [9.17, 15) is 0 Å². The maximum atomic E-state index is 6.24. The van der Waals surface area contributed by atoms with Crippen molar-refractivity contribution in [3.8, 4) is 11.5 Å². The van der Waals surface area contributed by atoms with Gasteiger partial charge in [0.05, 0.1) is 10.8 Å². The number of aliphatic imine (C=N–C) groups is 1. The Morgan fingerprint density at radius 1 is 1.00 bits per heavy atom. The van der Waals surface area contributed by atoms with Crippen LogP contribution in [0.2, 0.25) is 0 Å². The Balaban J connectivity index is 0. The molecule has 6 nitrogen and oxygen atoms in total. The minimum Gasteiger partial charge on any atom is -0.492 e. The minimum atomic E-state index is -0.697. The molecule has 0 saturated heterocycles. The fraction of sp³-hybridized carbons (Fsp3) is 0.480. The molecule has 2 aromatic carbocycles. The Morgan fingerprint density at radius 2 is 1.36 bits per heavy atom. The fourth-order valence-electron chi connectivity index (χ4n) is 1.97. The lowest BCUT2D eigenvalue weighted by Crippen LogP contribution is -2.30. The van der Waals surface area contributed by atoms with Crippen LogP contribution >= 0.6 is 34.8 Å². The average Bonchev–Trinajstić information content (AvgIpc) is 2.78. The van der Waals surface area contributed by atoms with Crippen LogP contribution in [-0.2, 0) is 0 Å². The number of likely N-dealkylation sites (N-methyl/N-ethyl adjacent to an activating group) is 2. The van der Waals surface area contributed by atoms with Gasteiger partial charge in [0.25, 0.3) is 0 Å². The number of hydrogen-bond acceptors (Lipinski definition) is 7. The summed E-state index contributed by atoms with van der Waals surface area (Å²) in [6.07, 6.45) is 0. The topological polar surface area (TPSA) is 63.3 Å². The van der Waals surface area contributed by atoms with Crippen molar-refractivity contribution in [3.05, 3.63) is 48.5 Å². The van der Waals surface area contributed by atoms with Crippen molar-refractivity contribution in [3.63, 3.8) is 0 Å². The monoisotopic (exact) mass is 591 g/mol. The number of anilines is 1. The Kier molecular flexibility index (Phi) is 17.5. The highest BCUT2D eigenvalue weighted by Crippen LogP contribution is 2.18. The minimum absolute atomic E-state index is 0. The van der Waals surface area contributed by atoms with Gasteiger partial charge in [-0.2, -0.15) is 4.99 Å². The van der Waals surface area contributed by atoms with Crippen LogP contribution < -0.4 is 15.2 Å². The maximum absolute atomic E-state index is 6.24. The van der Waals surface area contributed by atoms with Gasteiger partial charge in [0.2, 0.25) is 0 Å². The molecule has 3 atom stereocenters. The molecule has 0 heterocycles. The lowest BCUT2D eigenvalue weighted by molar-refractivity contribution is 0.198. The van der Waals surface area contributed by atoms with E-state index in [1.807, 2.05) is 76.7 Å². The van der Waals surface area contributed by atoms with Crippen LogP contribution in [0, 0.1) is 0 Å². The molecule has 0 saturated carbocycles. The van der Waals surface area contributed by atoms with Crippen molar-refractivity contribution < 1.29 is 12.2 Å². The molecule has 0 aliphatic heterocycles. The third-order valence-corrected chi connectivity index (χ3v) is 4.73. The van der Waals surface area contributed by atoms with Crippen molar-refractivity contribution >= 4 is 51.3 Å². The van der Waals surface area contributed by atoms with Crippen LogP contribution in [0.25, 0.3) is 0 Å². The average molecular weight is 592 g/mol. The number of isothiocyanates is 1. The molecule has 0 aromatic heterocycles. The summed E-state index contributed by atoms with van der Waals surface area (Å²) in [4.78, 5) is 7.41. The summed E-state index contributed by atoms with van der Waals surface area (Å²) in [5.41, 5.74) is 7.12. The van der Waals surface area contributed by atoms with E-state index in [2.05, 4.69) is 46.0 Å². The maximum Gasteiger partial charge on any atom is 0.119 e. The number of alkyl halides is 1. The molecule has 0 aliphatic rings. The molecule has 0 bridgehead atoms. The number of rotatable bonds is 9. The highest BCUT2D eigenvalue weighted by Gasteiger charge is 2.05. The van der Waals surface area contributed by atoms with Crippen LogP contribution in [-0.4, -0.2) is 73.3 Å². The molecule has 0 fully saturated rings. The van der Waals surface area contributed by atoms with E-state index >= 15 is 0 Å². The molecule has 186 valence electrons. The van der Waals surface area contributed by atoms with Gasteiger partial charge in [-0.25, -0.2) is 0 Å². The number of ether oxygens (including phenoxy) is 2. The van der Waals surface area contributed by atoms with Gasteiger partial charge in [-0.05, 0) is 108 Å². The summed E-state index contributed by atoms with van der Waals surface area (Å²) >= 11 is 6.20. The normalized spacial score (nSPS) is 13.2. The predicted octanol–water partition coefficient (Wildman–Crippen LogP) is 6.03. The van der Waals surface area contributed by atoms with Crippen molar-refractivity contribution in [2.45, 2.75) is 33.4 Å². The fourth-order valence-corrected chi connectivity index (χ4v) is 2.07. The highest BCUT2D eigenvalue weighted by atomic mass is 127. The van der Waals surface area contributed by atoms with Gasteiger partial charge in [-0.3, -0.25) is 0 Å². The largest absolute Gasteiger partial charge is 0.492 e. The number of thiocarbonyl (C=S) groups is 1. The standard InChI is InChI=1S/C12H16N2OS.C11H18N2O.CH3I.CH4/c1-10(14(2)3)8-15-12-6-4-11(5-7-12)13-9-16;1-9(13(2)3)8-14-11-6-4-10(12)5-7-11;1-2;/h4-7,10H,8H2,1-3H3;4-7,9H,8,12H2,1-3H3;1H3;1H4/i;;1TD;. The second-order valence-electron chi connectivity index (χ2n) is 7.51. The third-order valence-electron chi connectivity index (χ3n) is 4.64. The van der Waals surface area contributed by atoms with Crippen LogP contribution in [0.5, 0.6) is 11.5 Å². The van der Waals surface area contributed by atoms with Crippen LogP contribution in [0.3, 0.4) is 0 Å². The molecule has 3 unspecified atom stereocenters. The summed E-state index contributed by atoms with van der Waals surface area (Å²) in [5, 5.41) is 2.33. The summed E-state index contributed by atoms with van der Waals surface area (Å²) in [5.74, 6) is 1.71. The Bertz CT molecular complexity index is 832. The molecule has 0 spiro atoms. The van der Waals surface area contributed by atoms with E-state index in [1.165, 1.54) is 0 Å². The van der Waals surface area contributed by atoms with Crippen LogP contribution in [0.1, 0.15) is 24.0 Å². The lowest BCUT2D eigenvalue weighted by atomic mass is 10.3. The van der Waals surface area contributed by atoms with Crippen molar-refractivity contribution in [1.82, 2.24) is 9.80 Å². The van der Waals surface area contributed by atoms with E-state index in [0.29, 0.717) is 25.3 Å². The molecular formula is C25H41IN4O2S. The Labute approximate surface area is 223 Å². The summed E-state index contributed by atoms with van der Waals surface area (Å²) < 4.78 is 23.7. The van der Waals surface area contributed by atoms with Crippen molar-refractivity contribution in [1.29, 1.82) is 0 Å². The summed E-state index contributed by atoms with van der Waals surface area (Å²) in [6, 6.07) is 15.7. The van der Waals surface area contributed by atoms with E-state index < -0.39 is 4.88 Å². The number of nitrogens with two attached hydrogens (primary N) is 1. The first kappa shape index (κ1) is 29.3. The summed E-state index contributed by atoms with van der Waals surface area (Å²) in [6.45, 7) is 5.60. The van der Waals surface area contributed by atoms with E-state index in [4.69, 9.17) is 17.9 Å². The van der Waals surface area contributed by atoms with Gasteiger partial charge >= 0.3 is 0 Å². The molecule has 2 rings (SSSR count). The van der Waals surface area contributed by atoms with Gasteiger partial charge in [0.1, 0.15) is 24.7 Å². The van der Waals surface area contributed by atoms with Crippen molar-refractivity contribution in [2.24, 2.45) is 4.99 Å². The molecule has 33 heavy (non-hydrogen) atoms. The second-order valence-corrected chi connectivity index (χ2v) is 7.70. The number of hydrogen-bond donors (Lipinski definition) is 1. The number of nitrogens with zero attached hydrogens (tertiary/aromatic N) is 3. The molecule has 0 amide bonds. The quantitative estimate of drug-likeness (QED) is 0.126.